The van der Waals surface area contributed by atoms with E-state index < -0.39 is 23.3 Å². The van der Waals surface area contributed by atoms with Crippen molar-refractivity contribution in [2.75, 3.05) is 25.1 Å². The molecule has 1 aliphatic carbocycles. The van der Waals surface area contributed by atoms with Gasteiger partial charge in [0.15, 0.2) is 0 Å². The summed E-state index contributed by atoms with van der Waals surface area (Å²) in [5.41, 5.74) is -0.642. The second-order valence-corrected chi connectivity index (χ2v) is 7.72. The third-order valence-corrected chi connectivity index (χ3v) is 5.71. The summed E-state index contributed by atoms with van der Waals surface area (Å²) < 4.78 is 21.3. The SMILES string of the molecule is COc1cc(F)cc2c(=O)c(C(=O)O)c(N3CC[C@H](O)[C@@H](C)C3)n(C3CC3)c12. The molecule has 0 amide bonds. The summed E-state index contributed by atoms with van der Waals surface area (Å²) in [7, 11) is 1.40. The van der Waals surface area contributed by atoms with Crippen LogP contribution >= 0.6 is 0 Å². The molecule has 2 heterocycles. The van der Waals surface area contributed by atoms with E-state index in [4.69, 9.17) is 4.74 Å². The van der Waals surface area contributed by atoms with Gasteiger partial charge in [-0.05, 0) is 31.2 Å². The van der Waals surface area contributed by atoms with Crippen molar-refractivity contribution in [3.63, 3.8) is 0 Å². The molecule has 1 saturated carbocycles. The van der Waals surface area contributed by atoms with E-state index in [0.717, 1.165) is 18.9 Å². The first kappa shape index (κ1) is 18.7. The summed E-state index contributed by atoms with van der Waals surface area (Å²) in [4.78, 5) is 27.1. The Morgan fingerprint density at radius 1 is 1.29 bits per heavy atom. The van der Waals surface area contributed by atoms with Crippen molar-refractivity contribution in [1.82, 2.24) is 4.57 Å². The number of rotatable bonds is 4. The van der Waals surface area contributed by atoms with Crippen LogP contribution in [0.3, 0.4) is 0 Å². The number of halogens is 1. The Kier molecular flexibility index (Phi) is 4.53. The second kappa shape index (κ2) is 6.77. The number of carboxylic acids is 1. The molecule has 1 aliphatic heterocycles. The lowest BCUT2D eigenvalue weighted by Gasteiger charge is -2.38. The van der Waals surface area contributed by atoms with E-state index in [1.165, 1.54) is 13.2 Å². The first-order chi connectivity index (χ1) is 13.3. The van der Waals surface area contributed by atoms with Crippen molar-refractivity contribution in [3.8, 4) is 5.75 Å². The summed E-state index contributed by atoms with van der Waals surface area (Å²) in [5, 5.41) is 19.9. The zero-order chi connectivity index (χ0) is 20.2. The van der Waals surface area contributed by atoms with E-state index in [2.05, 4.69) is 0 Å². The van der Waals surface area contributed by atoms with Crippen LogP contribution in [-0.4, -0.2) is 47.1 Å². The molecule has 2 N–H and O–H groups in total. The quantitative estimate of drug-likeness (QED) is 0.833. The molecule has 0 unspecified atom stereocenters. The van der Waals surface area contributed by atoms with Gasteiger partial charge in [0.05, 0.1) is 24.1 Å². The van der Waals surface area contributed by atoms with Gasteiger partial charge in [0, 0.05) is 25.2 Å². The van der Waals surface area contributed by atoms with Gasteiger partial charge in [-0.15, -0.1) is 0 Å². The number of piperidine rings is 1. The maximum atomic E-state index is 14.1. The summed E-state index contributed by atoms with van der Waals surface area (Å²) in [6.45, 7) is 2.77. The maximum Gasteiger partial charge on any atom is 0.343 e. The van der Waals surface area contributed by atoms with Gasteiger partial charge in [0.1, 0.15) is 22.9 Å². The normalized spacial score (nSPS) is 22.5. The molecule has 2 aliphatic rings. The van der Waals surface area contributed by atoms with Gasteiger partial charge in [-0.2, -0.15) is 0 Å². The molecule has 2 fully saturated rings. The number of hydrogen-bond acceptors (Lipinski definition) is 5. The maximum absolute atomic E-state index is 14.1. The van der Waals surface area contributed by atoms with Crippen LogP contribution < -0.4 is 15.1 Å². The molecule has 150 valence electrons. The molecule has 0 bridgehead atoms. The van der Waals surface area contributed by atoms with Crippen molar-refractivity contribution in [1.29, 1.82) is 0 Å². The van der Waals surface area contributed by atoms with Crippen molar-refractivity contribution in [3.05, 3.63) is 33.7 Å². The molecule has 2 atom stereocenters. The zero-order valence-corrected chi connectivity index (χ0v) is 15.8. The highest BCUT2D eigenvalue weighted by Crippen LogP contribution is 2.44. The van der Waals surface area contributed by atoms with Crippen molar-refractivity contribution < 1.29 is 24.1 Å². The summed E-state index contributed by atoms with van der Waals surface area (Å²) >= 11 is 0. The van der Waals surface area contributed by atoms with Gasteiger partial charge in [0.2, 0.25) is 5.43 Å². The fraction of sp³-hybridized carbons (Fsp3) is 0.500. The van der Waals surface area contributed by atoms with Crippen LogP contribution in [0.1, 0.15) is 42.6 Å². The van der Waals surface area contributed by atoms with Crippen LogP contribution in [0.25, 0.3) is 10.9 Å². The van der Waals surface area contributed by atoms with Crippen LogP contribution in [0.15, 0.2) is 16.9 Å². The highest BCUT2D eigenvalue weighted by molar-refractivity contribution is 6.00. The van der Waals surface area contributed by atoms with Crippen LogP contribution in [-0.2, 0) is 0 Å². The predicted molar refractivity (Wildman–Crippen MR) is 102 cm³/mol. The number of methoxy groups -OCH3 is 1. The molecule has 28 heavy (non-hydrogen) atoms. The standard InChI is InChI=1S/C20H23FN2O5/c1-10-9-22(6-5-14(10)24)19-16(20(26)27)18(25)13-7-11(21)8-15(28-2)17(13)23(19)12-3-4-12/h7-8,10,12,14,24H,3-6,9H2,1-2H3,(H,26,27)/t10-,14-/m0/s1. The number of aliphatic hydroxyl groups excluding tert-OH is 1. The predicted octanol–water partition coefficient (Wildman–Crippen LogP) is 2.39. The van der Waals surface area contributed by atoms with E-state index >= 15 is 0 Å². The Bertz CT molecular complexity index is 1010. The van der Waals surface area contributed by atoms with E-state index in [9.17, 15) is 24.2 Å². The van der Waals surface area contributed by atoms with Gasteiger partial charge < -0.3 is 24.4 Å². The second-order valence-electron chi connectivity index (χ2n) is 7.72. The lowest BCUT2D eigenvalue weighted by molar-refractivity contribution is 0.0694. The largest absolute Gasteiger partial charge is 0.494 e. The summed E-state index contributed by atoms with van der Waals surface area (Å²) in [6, 6.07) is 2.32. The molecule has 0 radical (unpaired) electrons. The number of anilines is 1. The first-order valence-corrected chi connectivity index (χ1v) is 9.45. The molecule has 1 aromatic carbocycles. The Morgan fingerprint density at radius 2 is 2.00 bits per heavy atom. The van der Waals surface area contributed by atoms with Gasteiger partial charge in [0.25, 0.3) is 0 Å². The highest BCUT2D eigenvalue weighted by Gasteiger charge is 2.37. The Labute approximate surface area is 160 Å². The summed E-state index contributed by atoms with van der Waals surface area (Å²) in [5.74, 6) is -1.51. The molecular formula is C20H23FN2O5. The number of fused-ring (bicyclic) bond motifs is 1. The van der Waals surface area contributed by atoms with Gasteiger partial charge in [-0.25, -0.2) is 9.18 Å². The monoisotopic (exact) mass is 390 g/mol. The van der Waals surface area contributed by atoms with Crippen LogP contribution in [0.5, 0.6) is 5.75 Å². The number of carboxylic acid groups (broad SMARTS) is 1. The topological polar surface area (TPSA) is 92.0 Å². The number of aliphatic hydroxyl groups is 1. The van der Waals surface area contributed by atoms with Crippen molar-refractivity contribution in [2.45, 2.75) is 38.3 Å². The number of benzene rings is 1. The number of aromatic nitrogens is 1. The lowest BCUT2D eigenvalue weighted by atomic mass is 9.96. The number of pyridine rings is 1. The Hall–Kier alpha value is -2.61. The van der Waals surface area contributed by atoms with Crippen molar-refractivity contribution >= 4 is 22.7 Å². The number of ether oxygens (including phenoxy) is 1. The third kappa shape index (κ3) is 2.92. The molecule has 2 aromatic rings. The molecule has 4 rings (SSSR count). The zero-order valence-electron chi connectivity index (χ0n) is 15.8. The van der Waals surface area contributed by atoms with Crippen LogP contribution in [0, 0.1) is 11.7 Å². The van der Waals surface area contributed by atoms with Gasteiger partial charge in [-0.3, -0.25) is 4.79 Å². The molecule has 8 heteroatoms. The van der Waals surface area contributed by atoms with Gasteiger partial charge in [-0.1, -0.05) is 6.92 Å². The minimum Gasteiger partial charge on any atom is -0.494 e. The molecular weight excluding hydrogens is 367 g/mol. The fourth-order valence-electron chi connectivity index (χ4n) is 4.13. The molecule has 7 nitrogen and oxygen atoms in total. The third-order valence-electron chi connectivity index (χ3n) is 5.71. The van der Waals surface area contributed by atoms with Gasteiger partial charge >= 0.3 is 5.97 Å². The highest BCUT2D eigenvalue weighted by atomic mass is 19.1. The fourth-order valence-corrected chi connectivity index (χ4v) is 4.13. The minimum atomic E-state index is -1.33. The molecule has 1 aromatic heterocycles. The molecule has 1 saturated heterocycles. The number of nitrogens with zero attached hydrogens (tertiary/aromatic N) is 2. The summed E-state index contributed by atoms with van der Waals surface area (Å²) in [6.07, 6.45) is 1.71. The van der Waals surface area contributed by atoms with Crippen LogP contribution in [0.4, 0.5) is 10.2 Å². The van der Waals surface area contributed by atoms with E-state index in [0.29, 0.717) is 30.8 Å². The lowest BCUT2D eigenvalue weighted by Crippen LogP contribution is -2.44. The number of aromatic carboxylic acids is 1. The molecule has 0 spiro atoms. The van der Waals surface area contributed by atoms with E-state index in [1.54, 1.807) is 0 Å². The van der Waals surface area contributed by atoms with E-state index in [1.807, 2.05) is 16.4 Å². The first-order valence-electron chi connectivity index (χ1n) is 9.45. The number of hydrogen-bond donors (Lipinski definition) is 2. The Morgan fingerprint density at radius 3 is 2.57 bits per heavy atom. The van der Waals surface area contributed by atoms with E-state index in [-0.39, 0.29) is 28.7 Å². The van der Waals surface area contributed by atoms with Crippen LogP contribution in [0.2, 0.25) is 0 Å². The average Bonchev–Trinajstić information content (AvgIpc) is 3.48. The van der Waals surface area contributed by atoms with Crippen molar-refractivity contribution in [2.24, 2.45) is 5.92 Å². The average molecular weight is 390 g/mol. The Balaban J connectivity index is 2.09. The smallest absolute Gasteiger partial charge is 0.343 e. The number of carbonyl (C=O) groups is 1. The minimum absolute atomic E-state index is 0.00925.